The van der Waals surface area contributed by atoms with Gasteiger partial charge in [0.25, 0.3) is 0 Å². The Morgan fingerprint density at radius 1 is 1.44 bits per heavy atom. The van der Waals surface area contributed by atoms with Gasteiger partial charge in [-0.3, -0.25) is 0 Å². The number of carbonyl (C=O) groups is 1. The molecule has 0 aliphatic carbocycles. The van der Waals surface area contributed by atoms with Crippen LogP contribution < -0.4 is 5.32 Å². The van der Waals surface area contributed by atoms with Crippen molar-refractivity contribution in [1.82, 2.24) is 0 Å². The predicted octanol–water partition coefficient (Wildman–Crippen LogP) is 2.63. The van der Waals surface area contributed by atoms with Crippen LogP contribution in [0, 0.1) is 0 Å². The minimum atomic E-state index is -4.31. The van der Waals surface area contributed by atoms with Crippen LogP contribution in [-0.2, 0) is 17.4 Å². The van der Waals surface area contributed by atoms with Crippen LogP contribution in [0.15, 0.2) is 18.2 Å². The molecule has 1 aliphatic heterocycles. The Kier molecular flexibility index (Phi) is 2.61. The lowest BCUT2D eigenvalue weighted by Gasteiger charge is -2.08. The van der Waals surface area contributed by atoms with Crippen molar-refractivity contribution in [2.75, 3.05) is 5.32 Å². The van der Waals surface area contributed by atoms with E-state index in [2.05, 4.69) is 5.32 Å². The lowest BCUT2D eigenvalue weighted by molar-refractivity contribution is -0.137. The lowest BCUT2D eigenvalue weighted by atomic mass is 10.1. The van der Waals surface area contributed by atoms with Crippen LogP contribution in [0.5, 0.6) is 0 Å². The number of anilines is 1. The molecule has 1 aromatic carbocycles. The first-order chi connectivity index (χ1) is 7.50. The lowest BCUT2D eigenvalue weighted by Crippen LogP contribution is -2.15. The Hall–Kier alpha value is -1.52. The minimum absolute atomic E-state index is 0.0732. The summed E-state index contributed by atoms with van der Waals surface area (Å²) in [6.07, 6.45) is -2.75. The number of aldehydes is 1. The average Bonchev–Trinajstić information content (AvgIpc) is 2.57. The summed E-state index contributed by atoms with van der Waals surface area (Å²) < 4.78 is 37.3. The normalized spacial score (nSPS) is 19.1. The summed E-state index contributed by atoms with van der Waals surface area (Å²) in [6.45, 7) is 0. The highest BCUT2D eigenvalue weighted by molar-refractivity contribution is 5.61. The smallest absolute Gasteiger partial charge is 0.381 e. The molecule has 0 saturated heterocycles. The second kappa shape index (κ2) is 3.81. The molecular formula is C11H10F3NO. The van der Waals surface area contributed by atoms with Crippen LogP contribution in [0.1, 0.15) is 17.5 Å². The monoisotopic (exact) mass is 229 g/mol. The van der Waals surface area contributed by atoms with Gasteiger partial charge in [0.15, 0.2) is 0 Å². The first kappa shape index (κ1) is 11.0. The van der Waals surface area contributed by atoms with Crippen LogP contribution in [-0.4, -0.2) is 12.3 Å². The molecule has 5 heteroatoms. The molecule has 0 amide bonds. The summed E-state index contributed by atoms with van der Waals surface area (Å²) in [4.78, 5) is 10.3. The summed E-state index contributed by atoms with van der Waals surface area (Å²) in [5, 5.41) is 3.02. The van der Waals surface area contributed by atoms with E-state index in [0.29, 0.717) is 24.1 Å². The van der Waals surface area contributed by atoms with Gasteiger partial charge in [-0.25, -0.2) is 0 Å². The first-order valence-corrected chi connectivity index (χ1v) is 4.91. The molecule has 1 atom stereocenters. The van der Waals surface area contributed by atoms with Crippen LogP contribution in [0.3, 0.4) is 0 Å². The molecule has 0 spiro atoms. The zero-order chi connectivity index (χ0) is 11.8. The largest absolute Gasteiger partial charge is 0.416 e. The Labute approximate surface area is 90.5 Å². The van der Waals surface area contributed by atoms with Gasteiger partial charge >= 0.3 is 6.18 Å². The van der Waals surface area contributed by atoms with Crippen molar-refractivity contribution in [2.45, 2.75) is 25.1 Å². The first-order valence-electron chi connectivity index (χ1n) is 4.91. The SMILES string of the molecule is O=CCC1Cc2cc(C(F)(F)F)ccc2N1. The zero-order valence-corrected chi connectivity index (χ0v) is 8.34. The summed E-state index contributed by atoms with van der Waals surface area (Å²) in [5.41, 5.74) is 0.682. The van der Waals surface area contributed by atoms with Gasteiger partial charge in [0, 0.05) is 18.2 Å². The van der Waals surface area contributed by atoms with Crippen molar-refractivity contribution < 1.29 is 18.0 Å². The molecule has 16 heavy (non-hydrogen) atoms. The van der Waals surface area contributed by atoms with Gasteiger partial charge in [-0.1, -0.05) is 0 Å². The van der Waals surface area contributed by atoms with E-state index in [4.69, 9.17) is 0 Å². The van der Waals surface area contributed by atoms with Crippen LogP contribution in [0.4, 0.5) is 18.9 Å². The van der Waals surface area contributed by atoms with Gasteiger partial charge in [-0.2, -0.15) is 13.2 Å². The second-order valence-electron chi connectivity index (χ2n) is 3.82. The van der Waals surface area contributed by atoms with Crippen molar-refractivity contribution in [1.29, 1.82) is 0 Å². The number of hydrogen-bond donors (Lipinski definition) is 1. The zero-order valence-electron chi connectivity index (χ0n) is 8.34. The van der Waals surface area contributed by atoms with Crippen molar-refractivity contribution in [3.63, 3.8) is 0 Å². The fourth-order valence-corrected chi connectivity index (χ4v) is 1.87. The van der Waals surface area contributed by atoms with Gasteiger partial charge in [0.2, 0.25) is 0 Å². The van der Waals surface area contributed by atoms with E-state index in [9.17, 15) is 18.0 Å². The quantitative estimate of drug-likeness (QED) is 0.790. The van der Waals surface area contributed by atoms with Gasteiger partial charge in [-0.15, -0.1) is 0 Å². The summed E-state index contributed by atoms with van der Waals surface area (Å²) in [6, 6.07) is 3.54. The number of alkyl halides is 3. The summed E-state index contributed by atoms with van der Waals surface area (Å²) >= 11 is 0. The number of halogens is 3. The fraction of sp³-hybridized carbons (Fsp3) is 0.364. The van der Waals surface area contributed by atoms with Crippen molar-refractivity contribution in [2.24, 2.45) is 0 Å². The molecule has 1 unspecified atom stereocenters. The third-order valence-corrected chi connectivity index (χ3v) is 2.64. The minimum Gasteiger partial charge on any atom is -0.381 e. The van der Waals surface area contributed by atoms with Crippen LogP contribution in [0.2, 0.25) is 0 Å². The molecule has 2 nitrogen and oxygen atoms in total. The molecule has 86 valence electrons. The highest BCUT2D eigenvalue weighted by atomic mass is 19.4. The van der Waals surface area contributed by atoms with Gasteiger partial charge < -0.3 is 10.1 Å². The second-order valence-corrected chi connectivity index (χ2v) is 3.82. The molecule has 0 saturated carbocycles. The molecule has 1 heterocycles. The molecule has 1 N–H and O–H groups in total. The Balaban J connectivity index is 2.24. The summed E-state index contributed by atoms with van der Waals surface area (Å²) in [5.74, 6) is 0. The highest BCUT2D eigenvalue weighted by Gasteiger charge is 2.32. The third kappa shape index (κ3) is 2.03. The van der Waals surface area contributed by atoms with Gasteiger partial charge in [-0.05, 0) is 30.2 Å². The van der Waals surface area contributed by atoms with E-state index in [0.717, 1.165) is 18.4 Å². The average molecular weight is 229 g/mol. The van der Waals surface area contributed by atoms with E-state index in [1.165, 1.54) is 6.07 Å². The maximum absolute atomic E-state index is 12.4. The molecule has 2 rings (SSSR count). The van der Waals surface area contributed by atoms with Crippen molar-refractivity contribution in [3.05, 3.63) is 29.3 Å². The molecular weight excluding hydrogens is 219 g/mol. The van der Waals surface area contributed by atoms with Crippen molar-refractivity contribution >= 4 is 12.0 Å². The van der Waals surface area contributed by atoms with E-state index >= 15 is 0 Å². The summed E-state index contributed by atoms with van der Waals surface area (Å²) in [7, 11) is 0. The van der Waals surface area contributed by atoms with Gasteiger partial charge in [0.1, 0.15) is 6.29 Å². The maximum atomic E-state index is 12.4. The number of carbonyl (C=O) groups excluding carboxylic acids is 1. The van der Waals surface area contributed by atoms with E-state index in [1.807, 2.05) is 0 Å². The number of nitrogens with one attached hydrogen (secondary N) is 1. The van der Waals surface area contributed by atoms with E-state index < -0.39 is 11.7 Å². The Bertz CT molecular complexity index is 414. The van der Waals surface area contributed by atoms with E-state index in [-0.39, 0.29) is 6.04 Å². The number of rotatable bonds is 2. The number of hydrogen-bond acceptors (Lipinski definition) is 2. The molecule has 0 aromatic heterocycles. The standard InChI is InChI=1S/C11H10F3NO/c12-11(13,14)8-1-2-10-7(5-8)6-9(15-10)3-4-16/h1-2,4-5,9,15H,3,6H2. The maximum Gasteiger partial charge on any atom is 0.416 e. The molecule has 0 fully saturated rings. The third-order valence-electron chi connectivity index (χ3n) is 2.64. The number of benzene rings is 1. The Morgan fingerprint density at radius 3 is 2.81 bits per heavy atom. The predicted molar refractivity (Wildman–Crippen MR) is 53.2 cm³/mol. The van der Waals surface area contributed by atoms with Gasteiger partial charge in [0.05, 0.1) is 5.56 Å². The van der Waals surface area contributed by atoms with Crippen LogP contribution >= 0.6 is 0 Å². The van der Waals surface area contributed by atoms with Crippen molar-refractivity contribution in [3.8, 4) is 0 Å². The fourth-order valence-electron chi connectivity index (χ4n) is 1.87. The number of fused-ring (bicyclic) bond motifs is 1. The molecule has 1 aliphatic rings. The molecule has 1 aromatic rings. The molecule has 0 bridgehead atoms. The highest BCUT2D eigenvalue weighted by Crippen LogP contribution is 2.34. The topological polar surface area (TPSA) is 29.1 Å². The van der Waals surface area contributed by atoms with E-state index in [1.54, 1.807) is 0 Å². The van der Waals surface area contributed by atoms with Crippen LogP contribution in [0.25, 0.3) is 0 Å². The molecule has 0 radical (unpaired) electrons. The Morgan fingerprint density at radius 2 is 2.19 bits per heavy atom.